The zero-order chi connectivity index (χ0) is 9.10. The van der Waals surface area contributed by atoms with Gasteiger partial charge in [0.2, 0.25) is 0 Å². The van der Waals surface area contributed by atoms with E-state index in [0.29, 0.717) is 0 Å². The first-order valence-electron chi connectivity index (χ1n) is 4.64. The lowest BCUT2D eigenvalue weighted by Crippen LogP contribution is -1.67. The van der Waals surface area contributed by atoms with Crippen LogP contribution in [0.15, 0.2) is 36.5 Å². The van der Waals surface area contributed by atoms with Crippen molar-refractivity contribution in [2.45, 2.75) is 13.3 Å². The van der Waals surface area contributed by atoms with E-state index in [1.165, 1.54) is 16.5 Å². The molecule has 66 valence electrons. The van der Waals surface area contributed by atoms with Crippen molar-refractivity contribution in [2.75, 3.05) is 0 Å². The van der Waals surface area contributed by atoms with Gasteiger partial charge in [-0.05, 0) is 18.1 Å². The number of hydrogen-bond acceptors (Lipinski definition) is 0. The van der Waals surface area contributed by atoms with Gasteiger partial charge in [-0.15, -0.1) is 0 Å². The lowest BCUT2D eigenvalue weighted by atomic mass is 10.1. The Balaban J connectivity index is 2.52. The Kier molecular flexibility index (Phi) is 2.17. The molecule has 1 heterocycles. The van der Waals surface area contributed by atoms with Crippen molar-refractivity contribution in [2.24, 2.45) is 0 Å². The molecule has 0 aliphatic carbocycles. The molecule has 0 saturated carbocycles. The molecule has 0 spiro atoms. The van der Waals surface area contributed by atoms with Gasteiger partial charge in [0.1, 0.15) is 0 Å². The molecule has 0 aliphatic heterocycles. The molecule has 0 aliphatic rings. The van der Waals surface area contributed by atoms with E-state index in [1.807, 2.05) is 6.07 Å². The minimum atomic E-state index is 1.08. The third-order valence-corrected chi connectivity index (χ3v) is 2.15. The molecule has 1 nitrogen and oxygen atoms in total. The Morgan fingerprint density at radius 2 is 2.15 bits per heavy atom. The van der Waals surface area contributed by atoms with E-state index in [4.69, 9.17) is 0 Å². The summed E-state index contributed by atoms with van der Waals surface area (Å²) in [7, 11) is 0. The van der Waals surface area contributed by atoms with Gasteiger partial charge in [0.05, 0.1) is 0 Å². The van der Waals surface area contributed by atoms with Gasteiger partial charge in [-0.2, -0.15) is 0 Å². The highest BCUT2D eigenvalue weighted by molar-refractivity contribution is 5.88. The lowest BCUT2D eigenvalue weighted by Gasteiger charge is -1.89. The number of rotatable bonds is 2. The Morgan fingerprint density at radius 3 is 3.00 bits per heavy atom. The summed E-state index contributed by atoms with van der Waals surface area (Å²) in [6.45, 7) is 2.14. The fraction of sp³-hybridized carbons (Fsp3) is 0.167. The average molecular weight is 171 g/mol. The van der Waals surface area contributed by atoms with Gasteiger partial charge in [-0.3, -0.25) is 0 Å². The molecular weight excluding hydrogens is 158 g/mol. The predicted molar refractivity (Wildman–Crippen MR) is 57.6 cm³/mol. The van der Waals surface area contributed by atoms with Crippen molar-refractivity contribution in [3.05, 3.63) is 42.1 Å². The summed E-state index contributed by atoms with van der Waals surface area (Å²) >= 11 is 0. The predicted octanol–water partition coefficient (Wildman–Crippen LogP) is 3.59. The van der Waals surface area contributed by atoms with Crippen molar-refractivity contribution >= 4 is 17.0 Å². The molecule has 1 heteroatoms. The van der Waals surface area contributed by atoms with Gasteiger partial charge >= 0.3 is 0 Å². The minimum Gasteiger partial charge on any atom is -0.361 e. The highest BCUT2D eigenvalue weighted by atomic mass is 14.7. The first kappa shape index (κ1) is 8.11. The van der Waals surface area contributed by atoms with Crippen molar-refractivity contribution in [3.8, 4) is 0 Å². The van der Waals surface area contributed by atoms with Gasteiger partial charge < -0.3 is 4.98 Å². The molecule has 0 fully saturated rings. The molecule has 13 heavy (non-hydrogen) atoms. The fourth-order valence-electron chi connectivity index (χ4n) is 1.48. The maximum Gasteiger partial charge on any atom is 0.0460 e. The van der Waals surface area contributed by atoms with Crippen LogP contribution in [0.5, 0.6) is 0 Å². The summed E-state index contributed by atoms with van der Waals surface area (Å²) < 4.78 is 0. The van der Waals surface area contributed by atoms with Crippen LogP contribution < -0.4 is 0 Å². The van der Waals surface area contributed by atoms with Crippen LogP contribution in [0.4, 0.5) is 0 Å². The Morgan fingerprint density at radius 1 is 1.31 bits per heavy atom. The van der Waals surface area contributed by atoms with Crippen LogP contribution in [0.3, 0.4) is 0 Å². The number of fused-ring (bicyclic) bond motifs is 1. The van der Waals surface area contributed by atoms with Crippen LogP contribution in [0.2, 0.25) is 0 Å². The fourth-order valence-corrected chi connectivity index (χ4v) is 1.48. The van der Waals surface area contributed by atoms with Crippen molar-refractivity contribution in [1.29, 1.82) is 0 Å². The van der Waals surface area contributed by atoms with Crippen molar-refractivity contribution in [1.82, 2.24) is 4.98 Å². The van der Waals surface area contributed by atoms with Crippen LogP contribution in [0.25, 0.3) is 17.0 Å². The molecule has 1 aromatic carbocycles. The van der Waals surface area contributed by atoms with Gasteiger partial charge in [-0.1, -0.05) is 37.3 Å². The molecule has 0 unspecified atom stereocenters. The van der Waals surface area contributed by atoms with E-state index in [0.717, 1.165) is 6.42 Å². The highest BCUT2D eigenvalue weighted by Gasteiger charge is 1.97. The zero-order valence-electron chi connectivity index (χ0n) is 7.75. The van der Waals surface area contributed by atoms with E-state index < -0.39 is 0 Å². The summed E-state index contributed by atoms with van der Waals surface area (Å²) in [5.74, 6) is 0. The summed E-state index contributed by atoms with van der Waals surface area (Å²) in [6, 6.07) is 8.35. The van der Waals surface area contributed by atoms with Crippen LogP contribution in [-0.4, -0.2) is 4.98 Å². The van der Waals surface area contributed by atoms with E-state index in [1.54, 1.807) is 0 Å². The van der Waals surface area contributed by atoms with Gasteiger partial charge in [0.15, 0.2) is 0 Å². The molecular formula is C12H13N. The van der Waals surface area contributed by atoms with E-state index in [2.05, 4.69) is 48.5 Å². The molecule has 2 rings (SSSR count). The number of hydrogen-bond donors (Lipinski definition) is 1. The maximum atomic E-state index is 3.25. The summed E-state index contributed by atoms with van der Waals surface area (Å²) in [5.41, 5.74) is 2.48. The second-order valence-corrected chi connectivity index (χ2v) is 3.10. The van der Waals surface area contributed by atoms with E-state index in [-0.39, 0.29) is 0 Å². The van der Waals surface area contributed by atoms with Crippen LogP contribution in [0, 0.1) is 0 Å². The number of nitrogens with one attached hydrogen (secondary N) is 1. The molecule has 0 radical (unpaired) electrons. The Labute approximate surface area is 78.1 Å². The zero-order valence-corrected chi connectivity index (χ0v) is 7.75. The molecule has 0 atom stereocenters. The summed E-state index contributed by atoms with van der Waals surface area (Å²) in [4.78, 5) is 3.25. The van der Waals surface area contributed by atoms with Crippen molar-refractivity contribution in [3.63, 3.8) is 0 Å². The second-order valence-electron chi connectivity index (χ2n) is 3.10. The second kappa shape index (κ2) is 3.48. The first-order valence-corrected chi connectivity index (χ1v) is 4.64. The topological polar surface area (TPSA) is 15.8 Å². The third kappa shape index (κ3) is 1.50. The van der Waals surface area contributed by atoms with Gasteiger partial charge in [0.25, 0.3) is 0 Å². The highest BCUT2D eigenvalue weighted by Crippen LogP contribution is 2.18. The van der Waals surface area contributed by atoms with Crippen LogP contribution in [-0.2, 0) is 0 Å². The average Bonchev–Trinajstić information content (AvgIpc) is 2.58. The molecule has 2 aromatic rings. The number of aromatic nitrogens is 1. The van der Waals surface area contributed by atoms with E-state index in [9.17, 15) is 0 Å². The largest absolute Gasteiger partial charge is 0.361 e. The van der Waals surface area contributed by atoms with Crippen LogP contribution >= 0.6 is 0 Å². The van der Waals surface area contributed by atoms with Gasteiger partial charge in [0, 0.05) is 17.1 Å². The van der Waals surface area contributed by atoms with E-state index >= 15 is 0 Å². The number of benzene rings is 1. The molecule has 0 saturated heterocycles. The molecule has 0 bridgehead atoms. The lowest BCUT2D eigenvalue weighted by molar-refractivity contribution is 1.23. The monoisotopic (exact) mass is 171 g/mol. The minimum absolute atomic E-state index is 1.08. The number of aromatic amines is 1. The quantitative estimate of drug-likeness (QED) is 0.710. The number of allylic oxidation sites excluding steroid dienone is 1. The number of para-hydroxylation sites is 1. The molecule has 1 aromatic heterocycles. The molecule has 0 amide bonds. The normalized spacial score (nSPS) is 11.5. The van der Waals surface area contributed by atoms with Crippen molar-refractivity contribution < 1.29 is 0 Å². The standard InChI is InChI=1S/C12H13N/c1-2-3-6-10-9-13-12-8-5-4-7-11(10)12/h3-9,13H,2H2,1H3/b6-3+. The maximum absolute atomic E-state index is 3.25. The summed E-state index contributed by atoms with van der Waals surface area (Å²) in [5, 5.41) is 1.30. The first-order chi connectivity index (χ1) is 6.42. The smallest absolute Gasteiger partial charge is 0.0460 e. The Hall–Kier alpha value is -1.50. The SMILES string of the molecule is CC/C=C/c1c[nH]c2ccccc12. The van der Waals surface area contributed by atoms with Crippen LogP contribution in [0.1, 0.15) is 18.9 Å². The Bertz CT molecular complexity index is 423. The molecule has 1 N–H and O–H groups in total. The number of H-pyrrole nitrogens is 1. The summed E-state index contributed by atoms with van der Waals surface area (Å²) in [6.07, 6.45) is 7.48. The van der Waals surface area contributed by atoms with Gasteiger partial charge in [-0.25, -0.2) is 0 Å². The third-order valence-electron chi connectivity index (χ3n) is 2.15.